The predicted octanol–water partition coefficient (Wildman–Crippen LogP) is 2.39. The number of carboxylic acids is 1. The Morgan fingerprint density at radius 2 is 2.18 bits per heavy atom. The molecule has 2 aromatic heterocycles. The van der Waals surface area contributed by atoms with Gasteiger partial charge in [-0.2, -0.15) is 0 Å². The number of aromatic nitrogens is 1. The molecular formula is C12H12N2O3. The minimum atomic E-state index is -1.04. The molecule has 2 N–H and O–H groups in total. The summed E-state index contributed by atoms with van der Waals surface area (Å²) in [4.78, 5) is 15.2. The highest BCUT2D eigenvalue weighted by Gasteiger charge is 2.19. The summed E-state index contributed by atoms with van der Waals surface area (Å²) >= 11 is 0. The SMILES string of the molecule is CNc1nccc(-c2ccc(C)o2)c1C(=O)O. The van der Waals surface area contributed by atoms with Gasteiger partial charge in [0.25, 0.3) is 0 Å². The quantitative estimate of drug-likeness (QED) is 0.849. The van der Waals surface area contributed by atoms with E-state index in [1.54, 1.807) is 31.4 Å². The summed E-state index contributed by atoms with van der Waals surface area (Å²) in [6, 6.07) is 5.17. The van der Waals surface area contributed by atoms with Crippen molar-refractivity contribution >= 4 is 11.8 Å². The number of pyridine rings is 1. The standard InChI is InChI=1S/C12H12N2O3/c1-7-3-4-9(17-7)8-5-6-14-11(13-2)10(8)12(15)16/h3-6H,1-2H3,(H,13,14)(H,15,16). The summed E-state index contributed by atoms with van der Waals surface area (Å²) in [5.41, 5.74) is 0.634. The van der Waals surface area contributed by atoms with Gasteiger partial charge in [-0.05, 0) is 25.1 Å². The predicted molar refractivity (Wildman–Crippen MR) is 63.2 cm³/mol. The largest absolute Gasteiger partial charge is 0.478 e. The second-order valence-electron chi connectivity index (χ2n) is 3.55. The first-order chi connectivity index (χ1) is 8.13. The topological polar surface area (TPSA) is 75.4 Å². The zero-order valence-electron chi connectivity index (χ0n) is 9.52. The molecule has 0 amide bonds. The zero-order chi connectivity index (χ0) is 12.4. The summed E-state index contributed by atoms with van der Waals surface area (Å²) in [5, 5.41) is 12.0. The van der Waals surface area contributed by atoms with Gasteiger partial charge in [-0.25, -0.2) is 9.78 Å². The summed E-state index contributed by atoms with van der Waals surface area (Å²) in [6.07, 6.45) is 1.55. The molecule has 0 saturated heterocycles. The molecule has 2 heterocycles. The van der Waals surface area contributed by atoms with E-state index in [9.17, 15) is 9.90 Å². The minimum Gasteiger partial charge on any atom is -0.478 e. The van der Waals surface area contributed by atoms with Crippen LogP contribution >= 0.6 is 0 Å². The van der Waals surface area contributed by atoms with E-state index in [1.807, 2.05) is 6.92 Å². The lowest BCUT2D eigenvalue weighted by Gasteiger charge is -2.08. The van der Waals surface area contributed by atoms with Gasteiger partial charge in [-0.15, -0.1) is 0 Å². The number of anilines is 1. The molecule has 0 fully saturated rings. The van der Waals surface area contributed by atoms with Crippen molar-refractivity contribution in [3.8, 4) is 11.3 Å². The number of aromatic carboxylic acids is 1. The van der Waals surface area contributed by atoms with Crippen LogP contribution in [-0.2, 0) is 0 Å². The van der Waals surface area contributed by atoms with Crippen molar-refractivity contribution in [3.05, 3.63) is 35.7 Å². The average Bonchev–Trinajstić information content (AvgIpc) is 2.74. The fraction of sp³-hybridized carbons (Fsp3) is 0.167. The van der Waals surface area contributed by atoms with Crippen molar-refractivity contribution in [1.82, 2.24) is 4.98 Å². The number of hydrogen-bond acceptors (Lipinski definition) is 4. The van der Waals surface area contributed by atoms with Crippen LogP contribution in [0.5, 0.6) is 0 Å². The second kappa shape index (κ2) is 4.29. The highest BCUT2D eigenvalue weighted by molar-refractivity contribution is 6.00. The van der Waals surface area contributed by atoms with Crippen molar-refractivity contribution in [3.63, 3.8) is 0 Å². The lowest BCUT2D eigenvalue weighted by atomic mass is 10.1. The summed E-state index contributed by atoms with van der Waals surface area (Å²) in [7, 11) is 1.63. The molecule has 0 spiro atoms. The third-order valence-electron chi connectivity index (χ3n) is 2.41. The molecule has 0 bridgehead atoms. The molecule has 0 aliphatic carbocycles. The number of hydrogen-bond donors (Lipinski definition) is 2. The van der Waals surface area contributed by atoms with Gasteiger partial charge in [0.15, 0.2) is 0 Å². The molecule has 17 heavy (non-hydrogen) atoms. The normalized spacial score (nSPS) is 10.2. The van der Waals surface area contributed by atoms with Gasteiger partial charge < -0.3 is 14.8 Å². The van der Waals surface area contributed by atoms with E-state index < -0.39 is 5.97 Å². The van der Waals surface area contributed by atoms with Crippen LogP contribution in [0.25, 0.3) is 11.3 Å². The van der Waals surface area contributed by atoms with Crippen LogP contribution in [0.1, 0.15) is 16.1 Å². The lowest BCUT2D eigenvalue weighted by molar-refractivity contribution is 0.0698. The first kappa shape index (κ1) is 11.2. The van der Waals surface area contributed by atoms with Gasteiger partial charge in [0.1, 0.15) is 22.9 Å². The third kappa shape index (κ3) is 1.99. The first-order valence-corrected chi connectivity index (χ1v) is 5.10. The smallest absolute Gasteiger partial charge is 0.340 e. The summed E-state index contributed by atoms with van der Waals surface area (Å²) < 4.78 is 5.44. The maximum absolute atomic E-state index is 11.3. The second-order valence-corrected chi connectivity index (χ2v) is 3.55. The number of aryl methyl sites for hydroxylation is 1. The van der Waals surface area contributed by atoms with Crippen molar-refractivity contribution in [2.24, 2.45) is 0 Å². The van der Waals surface area contributed by atoms with Gasteiger partial charge in [-0.1, -0.05) is 0 Å². The van der Waals surface area contributed by atoms with Gasteiger partial charge >= 0.3 is 5.97 Å². The van der Waals surface area contributed by atoms with E-state index in [0.717, 1.165) is 5.76 Å². The molecule has 0 radical (unpaired) electrons. The first-order valence-electron chi connectivity index (χ1n) is 5.10. The maximum atomic E-state index is 11.3. The fourth-order valence-electron chi connectivity index (χ4n) is 1.65. The van der Waals surface area contributed by atoms with Crippen LogP contribution in [0.15, 0.2) is 28.8 Å². The monoisotopic (exact) mass is 232 g/mol. The molecule has 5 heteroatoms. The highest BCUT2D eigenvalue weighted by Crippen LogP contribution is 2.28. The molecule has 0 unspecified atom stereocenters. The molecule has 88 valence electrons. The molecular weight excluding hydrogens is 220 g/mol. The van der Waals surface area contributed by atoms with E-state index >= 15 is 0 Å². The molecule has 0 saturated carbocycles. The average molecular weight is 232 g/mol. The Kier molecular flexibility index (Phi) is 2.82. The van der Waals surface area contributed by atoms with E-state index in [1.165, 1.54) is 0 Å². The summed E-state index contributed by atoms with van der Waals surface area (Å²) in [6.45, 7) is 1.81. The number of carboxylic acid groups (broad SMARTS) is 1. The van der Waals surface area contributed by atoms with E-state index in [0.29, 0.717) is 17.1 Å². The molecule has 2 aromatic rings. The highest BCUT2D eigenvalue weighted by atomic mass is 16.4. The Balaban J connectivity index is 2.65. The van der Waals surface area contributed by atoms with Crippen molar-refractivity contribution in [2.75, 3.05) is 12.4 Å². The van der Waals surface area contributed by atoms with Crippen molar-refractivity contribution in [2.45, 2.75) is 6.92 Å². The van der Waals surface area contributed by atoms with Crippen molar-refractivity contribution < 1.29 is 14.3 Å². The molecule has 5 nitrogen and oxygen atoms in total. The molecule has 2 rings (SSSR count). The Hall–Kier alpha value is -2.30. The minimum absolute atomic E-state index is 0.115. The van der Waals surface area contributed by atoms with Crippen molar-refractivity contribution in [1.29, 1.82) is 0 Å². The Morgan fingerprint density at radius 3 is 2.71 bits per heavy atom. The number of carbonyl (C=O) groups is 1. The number of rotatable bonds is 3. The number of nitrogens with one attached hydrogen (secondary N) is 1. The lowest BCUT2D eigenvalue weighted by Crippen LogP contribution is -2.06. The van der Waals surface area contributed by atoms with Gasteiger partial charge in [0.2, 0.25) is 0 Å². The Bertz CT molecular complexity index is 561. The van der Waals surface area contributed by atoms with E-state index in [2.05, 4.69) is 10.3 Å². The van der Waals surface area contributed by atoms with E-state index in [-0.39, 0.29) is 5.56 Å². The van der Waals surface area contributed by atoms with E-state index in [4.69, 9.17) is 4.42 Å². The van der Waals surface area contributed by atoms with Gasteiger partial charge in [-0.3, -0.25) is 0 Å². The van der Waals surface area contributed by atoms with Crippen LogP contribution in [0.4, 0.5) is 5.82 Å². The molecule has 0 aromatic carbocycles. The van der Waals surface area contributed by atoms with Gasteiger partial charge in [0, 0.05) is 18.8 Å². The molecule has 0 atom stereocenters. The Labute approximate surface area is 98.1 Å². The molecule has 0 aliphatic rings. The molecule has 0 aliphatic heterocycles. The van der Waals surface area contributed by atoms with Crippen LogP contribution in [0, 0.1) is 6.92 Å². The maximum Gasteiger partial charge on any atom is 0.340 e. The zero-order valence-corrected chi connectivity index (χ0v) is 9.52. The van der Waals surface area contributed by atoms with Crippen LogP contribution in [0.3, 0.4) is 0 Å². The van der Waals surface area contributed by atoms with Gasteiger partial charge in [0.05, 0.1) is 0 Å². The number of nitrogens with zero attached hydrogens (tertiary/aromatic N) is 1. The van der Waals surface area contributed by atoms with Crippen LogP contribution in [0.2, 0.25) is 0 Å². The third-order valence-corrected chi connectivity index (χ3v) is 2.41. The summed E-state index contributed by atoms with van der Waals surface area (Å²) in [5.74, 6) is 0.550. The van der Waals surface area contributed by atoms with Crippen LogP contribution in [-0.4, -0.2) is 23.1 Å². The number of furan rings is 1. The Morgan fingerprint density at radius 1 is 1.41 bits per heavy atom. The van der Waals surface area contributed by atoms with Crippen LogP contribution < -0.4 is 5.32 Å². The fourth-order valence-corrected chi connectivity index (χ4v) is 1.65.